The molecule has 3 nitrogen and oxygen atoms in total. The van der Waals surface area contributed by atoms with Gasteiger partial charge in [-0.25, -0.2) is 4.99 Å². The standard InChI is InChI=1S/C4H9N3S/c1-7(2)3-6-4(5)8/h3H,1-2H3,(H2,5,8)/b6-3+. The molecule has 0 unspecified atom stereocenters. The van der Waals surface area contributed by atoms with Crippen LogP contribution >= 0.6 is 12.2 Å². The number of rotatable bonds is 1. The van der Waals surface area contributed by atoms with Crippen LogP contribution in [0.25, 0.3) is 0 Å². The molecule has 0 aromatic rings. The third-order valence-electron chi connectivity index (χ3n) is 0.416. The van der Waals surface area contributed by atoms with Crippen LogP contribution in [0.15, 0.2) is 4.99 Å². The highest BCUT2D eigenvalue weighted by Crippen LogP contribution is 1.68. The maximum Gasteiger partial charge on any atom is 0.191 e. The molecular weight excluding hydrogens is 122 g/mol. The van der Waals surface area contributed by atoms with E-state index in [9.17, 15) is 0 Å². The fourth-order valence-electron chi connectivity index (χ4n) is 0.172. The second-order valence-electron chi connectivity index (χ2n) is 1.55. The van der Waals surface area contributed by atoms with Crippen LogP contribution in [0.2, 0.25) is 0 Å². The topological polar surface area (TPSA) is 41.6 Å². The van der Waals surface area contributed by atoms with Gasteiger partial charge in [0, 0.05) is 14.1 Å². The molecule has 0 aromatic carbocycles. The molecule has 0 bridgehead atoms. The first-order valence-electron chi connectivity index (χ1n) is 2.13. The predicted molar refractivity (Wildman–Crippen MR) is 39.0 cm³/mol. The Labute approximate surface area is 54.2 Å². The summed E-state index contributed by atoms with van der Waals surface area (Å²) in [6, 6.07) is 0. The predicted octanol–water partition coefficient (Wildman–Crippen LogP) is -0.180. The molecule has 0 saturated heterocycles. The van der Waals surface area contributed by atoms with E-state index in [0.717, 1.165) is 0 Å². The summed E-state index contributed by atoms with van der Waals surface area (Å²) in [5.41, 5.74) is 5.05. The number of hydrogen-bond donors (Lipinski definition) is 1. The third kappa shape index (κ3) is 5.36. The zero-order chi connectivity index (χ0) is 6.57. The van der Waals surface area contributed by atoms with Gasteiger partial charge >= 0.3 is 0 Å². The van der Waals surface area contributed by atoms with Crippen molar-refractivity contribution in [3.8, 4) is 0 Å². The first kappa shape index (κ1) is 7.36. The molecule has 0 saturated carbocycles. The zero-order valence-electron chi connectivity index (χ0n) is 4.96. The highest BCUT2D eigenvalue weighted by molar-refractivity contribution is 7.80. The van der Waals surface area contributed by atoms with Gasteiger partial charge in [-0.1, -0.05) is 0 Å². The summed E-state index contributed by atoms with van der Waals surface area (Å²) >= 11 is 4.47. The van der Waals surface area contributed by atoms with Crippen LogP contribution in [0.4, 0.5) is 0 Å². The van der Waals surface area contributed by atoms with Gasteiger partial charge in [0.05, 0.1) is 6.34 Å². The molecule has 2 N–H and O–H groups in total. The number of nitrogens with zero attached hydrogens (tertiary/aromatic N) is 2. The van der Waals surface area contributed by atoms with Gasteiger partial charge in [-0.3, -0.25) is 0 Å². The lowest BCUT2D eigenvalue weighted by molar-refractivity contribution is 0.644. The second-order valence-corrected chi connectivity index (χ2v) is 1.96. The van der Waals surface area contributed by atoms with Gasteiger partial charge in [-0.15, -0.1) is 0 Å². The van der Waals surface area contributed by atoms with Crippen molar-refractivity contribution in [1.29, 1.82) is 0 Å². The van der Waals surface area contributed by atoms with Crippen LogP contribution in [0, 0.1) is 0 Å². The Balaban J connectivity index is 3.50. The highest BCUT2D eigenvalue weighted by atomic mass is 32.1. The average molecular weight is 131 g/mol. The van der Waals surface area contributed by atoms with Crippen molar-refractivity contribution >= 4 is 23.7 Å². The molecule has 0 aliphatic rings. The maximum absolute atomic E-state index is 5.05. The molecule has 0 radical (unpaired) electrons. The Kier molecular flexibility index (Phi) is 3.10. The number of nitrogens with two attached hydrogens (primary N) is 1. The van der Waals surface area contributed by atoms with Crippen molar-refractivity contribution in [2.45, 2.75) is 0 Å². The molecule has 0 rings (SSSR count). The second kappa shape index (κ2) is 3.37. The van der Waals surface area contributed by atoms with Crippen LogP contribution in [-0.4, -0.2) is 30.4 Å². The quantitative estimate of drug-likeness (QED) is 0.305. The summed E-state index contributed by atoms with van der Waals surface area (Å²) < 4.78 is 0. The molecule has 0 aliphatic heterocycles. The minimum atomic E-state index is 0.165. The lowest BCUT2D eigenvalue weighted by Crippen LogP contribution is -2.12. The smallest absolute Gasteiger partial charge is 0.191 e. The first-order chi connectivity index (χ1) is 3.63. The largest absolute Gasteiger partial charge is 0.374 e. The van der Waals surface area contributed by atoms with E-state index < -0.39 is 0 Å². The Morgan fingerprint density at radius 2 is 2.25 bits per heavy atom. The van der Waals surface area contributed by atoms with Gasteiger partial charge in [0.2, 0.25) is 0 Å². The van der Waals surface area contributed by atoms with E-state index in [1.807, 2.05) is 14.1 Å². The molecule has 4 heteroatoms. The van der Waals surface area contributed by atoms with Gasteiger partial charge < -0.3 is 10.6 Å². The van der Waals surface area contributed by atoms with Crippen LogP contribution in [0.5, 0.6) is 0 Å². The van der Waals surface area contributed by atoms with Gasteiger partial charge in [0.25, 0.3) is 0 Å². The number of aliphatic imine (C=N–C) groups is 1. The molecule has 46 valence electrons. The van der Waals surface area contributed by atoms with Crippen LogP contribution < -0.4 is 5.73 Å². The van der Waals surface area contributed by atoms with Crippen molar-refractivity contribution in [3.05, 3.63) is 0 Å². The molecular formula is C4H9N3S. The Hall–Kier alpha value is -0.640. The van der Waals surface area contributed by atoms with Crippen LogP contribution in [0.3, 0.4) is 0 Å². The van der Waals surface area contributed by atoms with E-state index in [1.165, 1.54) is 0 Å². The summed E-state index contributed by atoms with van der Waals surface area (Å²) in [5.74, 6) is 0. The Morgan fingerprint density at radius 3 is 2.38 bits per heavy atom. The van der Waals surface area contributed by atoms with Crippen molar-refractivity contribution in [3.63, 3.8) is 0 Å². The minimum absolute atomic E-state index is 0.165. The minimum Gasteiger partial charge on any atom is -0.374 e. The summed E-state index contributed by atoms with van der Waals surface area (Å²) in [5, 5.41) is 0.165. The zero-order valence-corrected chi connectivity index (χ0v) is 5.77. The molecule has 0 amide bonds. The Bertz CT molecular complexity index is 108. The van der Waals surface area contributed by atoms with Crippen molar-refractivity contribution in [2.75, 3.05) is 14.1 Å². The molecule has 8 heavy (non-hydrogen) atoms. The van der Waals surface area contributed by atoms with E-state index in [2.05, 4.69) is 17.2 Å². The van der Waals surface area contributed by atoms with E-state index in [-0.39, 0.29) is 5.11 Å². The monoisotopic (exact) mass is 131 g/mol. The van der Waals surface area contributed by atoms with Crippen LogP contribution in [-0.2, 0) is 0 Å². The summed E-state index contributed by atoms with van der Waals surface area (Å²) in [7, 11) is 3.70. The summed E-state index contributed by atoms with van der Waals surface area (Å²) in [6.07, 6.45) is 1.56. The lowest BCUT2D eigenvalue weighted by atomic mass is 10.9. The fraction of sp³-hybridized carbons (Fsp3) is 0.500. The molecule has 0 spiro atoms. The molecule has 0 aliphatic carbocycles. The number of hydrogen-bond acceptors (Lipinski definition) is 1. The Morgan fingerprint density at radius 1 is 1.75 bits per heavy atom. The average Bonchev–Trinajstić information content (AvgIpc) is 1.61. The lowest BCUT2D eigenvalue weighted by Gasteiger charge is -1.99. The SMILES string of the molecule is CN(C)/C=N/C(N)=S. The van der Waals surface area contributed by atoms with Gasteiger partial charge in [-0.2, -0.15) is 0 Å². The first-order valence-corrected chi connectivity index (χ1v) is 2.54. The van der Waals surface area contributed by atoms with Crippen molar-refractivity contribution < 1.29 is 0 Å². The van der Waals surface area contributed by atoms with E-state index in [0.29, 0.717) is 0 Å². The van der Waals surface area contributed by atoms with Gasteiger partial charge in [0.15, 0.2) is 5.11 Å². The molecule has 0 fully saturated rings. The number of thiocarbonyl (C=S) groups is 1. The maximum atomic E-state index is 5.05. The normalized spacial score (nSPS) is 9.75. The molecule has 0 atom stereocenters. The van der Waals surface area contributed by atoms with E-state index in [4.69, 9.17) is 5.73 Å². The molecule has 0 heterocycles. The third-order valence-corrected chi connectivity index (χ3v) is 0.521. The van der Waals surface area contributed by atoms with Gasteiger partial charge in [-0.05, 0) is 12.2 Å². The summed E-state index contributed by atoms with van der Waals surface area (Å²) in [4.78, 5) is 5.40. The molecule has 0 aromatic heterocycles. The van der Waals surface area contributed by atoms with Crippen LogP contribution in [0.1, 0.15) is 0 Å². The van der Waals surface area contributed by atoms with Crippen molar-refractivity contribution in [1.82, 2.24) is 4.90 Å². The van der Waals surface area contributed by atoms with E-state index in [1.54, 1.807) is 11.2 Å². The van der Waals surface area contributed by atoms with E-state index >= 15 is 0 Å². The van der Waals surface area contributed by atoms with Crippen molar-refractivity contribution in [2.24, 2.45) is 10.7 Å². The fourth-order valence-corrected chi connectivity index (χ4v) is 0.220. The highest BCUT2D eigenvalue weighted by Gasteiger charge is 1.77. The van der Waals surface area contributed by atoms with Gasteiger partial charge in [0.1, 0.15) is 0 Å². The summed E-state index contributed by atoms with van der Waals surface area (Å²) in [6.45, 7) is 0.